The van der Waals surface area contributed by atoms with Crippen LogP contribution in [-0.4, -0.2) is 33.0 Å². The van der Waals surface area contributed by atoms with E-state index < -0.39 is 12.8 Å². The van der Waals surface area contributed by atoms with E-state index in [9.17, 15) is 13.2 Å². The van der Waals surface area contributed by atoms with Gasteiger partial charge in [-0.15, -0.1) is 0 Å². The van der Waals surface area contributed by atoms with Crippen molar-refractivity contribution in [3.8, 4) is 0 Å². The number of alkyl halides is 3. The third kappa shape index (κ3) is 6.80. The first-order valence-electron chi connectivity index (χ1n) is 5.97. The molecule has 2 nitrogen and oxygen atoms in total. The Labute approximate surface area is 115 Å². The summed E-state index contributed by atoms with van der Waals surface area (Å²) in [7, 11) is 1.80. The molecule has 1 aromatic carbocycles. The summed E-state index contributed by atoms with van der Waals surface area (Å²) in [6.45, 7) is -0.469. The first-order valence-corrected chi connectivity index (χ1v) is 6.34. The van der Waals surface area contributed by atoms with Crippen molar-refractivity contribution in [2.45, 2.75) is 18.5 Å². The Morgan fingerprint density at radius 2 is 2.11 bits per heavy atom. The summed E-state index contributed by atoms with van der Waals surface area (Å²) < 4.78 is 40.5. The maximum Gasteiger partial charge on any atom is 0.411 e. The molecule has 0 spiro atoms. The fourth-order valence-corrected chi connectivity index (χ4v) is 2.01. The lowest BCUT2D eigenvalue weighted by molar-refractivity contribution is -0.174. The Hall–Kier alpha value is -0.780. The fraction of sp³-hybridized carbons (Fsp3) is 0.538. The van der Waals surface area contributed by atoms with Gasteiger partial charge in [-0.2, -0.15) is 13.2 Å². The largest absolute Gasteiger partial charge is 0.411 e. The van der Waals surface area contributed by atoms with Crippen LogP contribution in [0.1, 0.15) is 17.9 Å². The van der Waals surface area contributed by atoms with Crippen LogP contribution in [0.5, 0.6) is 0 Å². The molecule has 0 fully saturated rings. The van der Waals surface area contributed by atoms with Crippen molar-refractivity contribution >= 4 is 11.6 Å². The predicted octanol–water partition coefficient (Wildman–Crippen LogP) is 3.61. The van der Waals surface area contributed by atoms with Crippen LogP contribution >= 0.6 is 11.6 Å². The molecule has 0 bridgehead atoms. The Kier molecular flexibility index (Phi) is 6.62. The van der Waals surface area contributed by atoms with E-state index in [4.69, 9.17) is 11.6 Å². The predicted molar refractivity (Wildman–Crippen MR) is 69.6 cm³/mol. The zero-order chi connectivity index (χ0) is 14.3. The van der Waals surface area contributed by atoms with Gasteiger partial charge < -0.3 is 10.1 Å². The summed E-state index contributed by atoms with van der Waals surface area (Å²) in [5.41, 5.74) is 0.998. The highest BCUT2D eigenvalue weighted by atomic mass is 35.5. The summed E-state index contributed by atoms with van der Waals surface area (Å²) >= 11 is 5.91. The van der Waals surface area contributed by atoms with Crippen LogP contribution in [0.4, 0.5) is 13.2 Å². The monoisotopic (exact) mass is 295 g/mol. The summed E-state index contributed by atoms with van der Waals surface area (Å²) in [5.74, 6) is 0.0805. The van der Waals surface area contributed by atoms with Crippen molar-refractivity contribution in [1.82, 2.24) is 5.32 Å². The zero-order valence-electron chi connectivity index (χ0n) is 10.6. The second-order valence-corrected chi connectivity index (χ2v) is 4.70. The molecule has 1 atom stereocenters. The van der Waals surface area contributed by atoms with Crippen LogP contribution in [-0.2, 0) is 4.74 Å². The van der Waals surface area contributed by atoms with Crippen molar-refractivity contribution in [2.24, 2.45) is 0 Å². The van der Waals surface area contributed by atoms with E-state index in [1.54, 1.807) is 13.1 Å². The van der Waals surface area contributed by atoms with Crippen LogP contribution in [0.25, 0.3) is 0 Å². The number of hydrogen-bond acceptors (Lipinski definition) is 2. The molecule has 1 N–H and O–H groups in total. The third-order valence-electron chi connectivity index (χ3n) is 2.65. The molecule has 0 radical (unpaired) electrons. The Morgan fingerprint density at radius 1 is 1.37 bits per heavy atom. The number of likely N-dealkylation sites (N-methyl/N-ethyl adjacent to an activating group) is 1. The van der Waals surface area contributed by atoms with Crippen molar-refractivity contribution < 1.29 is 17.9 Å². The number of halogens is 4. The van der Waals surface area contributed by atoms with Crippen LogP contribution in [0, 0.1) is 0 Å². The molecule has 0 saturated carbocycles. The summed E-state index contributed by atoms with van der Waals surface area (Å²) in [6.07, 6.45) is -3.76. The molecule has 0 aromatic heterocycles. The minimum atomic E-state index is -4.27. The molecular weight excluding hydrogens is 279 g/mol. The lowest BCUT2D eigenvalue weighted by atomic mass is 9.96. The van der Waals surface area contributed by atoms with Gasteiger partial charge in [0.15, 0.2) is 0 Å². The quantitative estimate of drug-likeness (QED) is 0.776. The Morgan fingerprint density at radius 3 is 2.68 bits per heavy atom. The van der Waals surface area contributed by atoms with Crippen molar-refractivity contribution in [3.05, 3.63) is 34.9 Å². The number of benzene rings is 1. The lowest BCUT2D eigenvalue weighted by Gasteiger charge is -2.17. The summed E-state index contributed by atoms with van der Waals surface area (Å²) in [5, 5.41) is 3.64. The number of nitrogens with one attached hydrogen (secondary N) is 1. The van der Waals surface area contributed by atoms with E-state index >= 15 is 0 Å². The van der Waals surface area contributed by atoms with Gasteiger partial charge in [0.25, 0.3) is 0 Å². The average Bonchev–Trinajstić information content (AvgIpc) is 2.32. The number of hydrogen-bond donors (Lipinski definition) is 1. The molecule has 0 amide bonds. The first kappa shape index (κ1) is 16.3. The molecule has 1 aromatic rings. The lowest BCUT2D eigenvalue weighted by Crippen LogP contribution is -2.21. The third-order valence-corrected chi connectivity index (χ3v) is 2.88. The molecule has 1 rings (SSSR count). The number of rotatable bonds is 7. The highest BCUT2D eigenvalue weighted by Gasteiger charge is 2.27. The molecule has 108 valence electrons. The van der Waals surface area contributed by atoms with E-state index in [-0.39, 0.29) is 12.5 Å². The van der Waals surface area contributed by atoms with Crippen molar-refractivity contribution in [3.63, 3.8) is 0 Å². The van der Waals surface area contributed by atoms with Gasteiger partial charge >= 0.3 is 6.18 Å². The average molecular weight is 296 g/mol. The molecule has 0 aliphatic heterocycles. The normalized spacial score (nSPS) is 13.5. The number of ether oxygens (including phenoxy) is 1. The van der Waals surface area contributed by atoms with Gasteiger partial charge in [0.2, 0.25) is 0 Å². The second-order valence-electron chi connectivity index (χ2n) is 4.27. The summed E-state index contributed by atoms with van der Waals surface area (Å²) in [6, 6.07) is 7.34. The highest BCUT2D eigenvalue weighted by molar-refractivity contribution is 6.30. The molecule has 0 aliphatic carbocycles. The summed E-state index contributed by atoms with van der Waals surface area (Å²) in [4.78, 5) is 0. The van der Waals surface area contributed by atoms with E-state index in [1.807, 2.05) is 18.2 Å². The van der Waals surface area contributed by atoms with Gasteiger partial charge in [0.1, 0.15) is 6.61 Å². The highest BCUT2D eigenvalue weighted by Crippen LogP contribution is 2.23. The molecule has 19 heavy (non-hydrogen) atoms. The zero-order valence-corrected chi connectivity index (χ0v) is 11.4. The molecule has 6 heteroatoms. The van der Waals surface area contributed by atoms with Gasteiger partial charge in [-0.3, -0.25) is 0 Å². The van der Waals surface area contributed by atoms with Crippen LogP contribution < -0.4 is 5.32 Å². The SMILES string of the molecule is CNCC(CCOCC(F)(F)F)c1cccc(Cl)c1. The molecular formula is C13H17ClF3NO. The van der Waals surface area contributed by atoms with Gasteiger partial charge in [-0.05, 0) is 37.1 Å². The van der Waals surface area contributed by atoms with Crippen LogP contribution in [0.3, 0.4) is 0 Å². The maximum absolute atomic E-state index is 11.9. The van der Waals surface area contributed by atoms with Gasteiger partial charge in [0, 0.05) is 18.2 Å². The smallest absolute Gasteiger partial charge is 0.372 e. The Balaban J connectivity index is 2.49. The van der Waals surface area contributed by atoms with Gasteiger partial charge in [-0.25, -0.2) is 0 Å². The van der Waals surface area contributed by atoms with Gasteiger partial charge in [0.05, 0.1) is 0 Å². The standard InChI is InChI=1S/C13H17ClF3NO/c1-18-8-11(5-6-19-9-13(15,16)17)10-3-2-4-12(14)7-10/h2-4,7,11,18H,5-6,8-9H2,1H3. The van der Waals surface area contributed by atoms with Crippen molar-refractivity contribution in [1.29, 1.82) is 0 Å². The minimum Gasteiger partial charge on any atom is -0.372 e. The molecule has 1 unspecified atom stereocenters. The molecule has 0 heterocycles. The molecule has 0 aliphatic rings. The van der Waals surface area contributed by atoms with E-state index in [1.165, 1.54) is 0 Å². The second kappa shape index (κ2) is 7.72. The Bertz CT molecular complexity index is 384. The first-order chi connectivity index (χ1) is 8.92. The van der Waals surface area contributed by atoms with Gasteiger partial charge in [-0.1, -0.05) is 23.7 Å². The molecule has 0 saturated heterocycles. The van der Waals surface area contributed by atoms with E-state index in [2.05, 4.69) is 10.1 Å². The van der Waals surface area contributed by atoms with Crippen LogP contribution in [0.15, 0.2) is 24.3 Å². The van der Waals surface area contributed by atoms with E-state index in [0.717, 1.165) is 5.56 Å². The maximum atomic E-state index is 11.9. The van der Waals surface area contributed by atoms with Crippen molar-refractivity contribution in [2.75, 3.05) is 26.8 Å². The van der Waals surface area contributed by atoms with Crippen LogP contribution in [0.2, 0.25) is 5.02 Å². The minimum absolute atomic E-state index is 0.0678. The topological polar surface area (TPSA) is 21.3 Å². The van der Waals surface area contributed by atoms with E-state index in [0.29, 0.717) is 18.0 Å². The fourth-order valence-electron chi connectivity index (χ4n) is 1.81.